The van der Waals surface area contributed by atoms with E-state index in [0.717, 1.165) is 18.4 Å². The van der Waals surface area contributed by atoms with Crippen LogP contribution in [0.3, 0.4) is 0 Å². The Balaban J connectivity index is 2.51. The summed E-state index contributed by atoms with van der Waals surface area (Å²) in [6.45, 7) is 1.89. The van der Waals surface area contributed by atoms with Crippen molar-refractivity contribution in [3.63, 3.8) is 0 Å². The molecule has 0 aromatic carbocycles. The van der Waals surface area contributed by atoms with Crippen LogP contribution < -0.4 is 0 Å². The Bertz CT molecular complexity index is 190. The Kier molecular flexibility index (Phi) is 2.32. The molecule has 0 aliphatic heterocycles. The molecule has 1 aliphatic rings. The van der Waals surface area contributed by atoms with E-state index in [0.29, 0.717) is 11.7 Å². The van der Waals surface area contributed by atoms with E-state index in [2.05, 4.69) is 0 Å². The van der Waals surface area contributed by atoms with Crippen LogP contribution in [0.15, 0.2) is 11.8 Å². The largest absolute Gasteiger partial charge is 0.383 e. The Morgan fingerprint density at radius 2 is 2.00 bits per heavy atom. The third-order valence-corrected chi connectivity index (χ3v) is 1.79. The van der Waals surface area contributed by atoms with E-state index in [1.807, 2.05) is 32.1 Å². The highest BCUT2D eigenvalue weighted by Crippen LogP contribution is 2.32. The third kappa shape index (κ3) is 2.37. The molecule has 0 heterocycles. The number of rotatable bonds is 3. The standard InChI is InChI=1S/C9H15NO/c1-7(6-10(2)3)9(11)8-4-5-8/h6,8H,4-5H2,1-3H3. The predicted octanol–water partition coefficient (Wildman–Crippen LogP) is 1.43. The fourth-order valence-corrected chi connectivity index (χ4v) is 1.12. The summed E-state index contributed by atoms with van der Waals surface area (Å²) in [6.07, 6.45) is 4.08. The maximum Gasteiger partial charge on any atom is 0.163 e. The summed E-state index contributed by atoms with van der Waals surface area (Å²) >= 11 is 0. The molecule has 0 saturated heterocycles. The molecule has 11 heavy (non-hydrogen) atoms. The molecule has 1 saturated carbocycles. The summed E-state index contributed by atoms with van der Waals surface area (Å²) in [7, 11) is 3.87. The first kappa shape index (κ1) is 8.31. The summed E-state index contributed by atoms with van der Waals surface area (Å²) in [5.41, 5.74) is 0.887. The SMILES string of the molecule is CC(=CN(C)C)C(=O)C1CC1. The number of carbonyl (C=O) groups is 1. The van der Waals surface area contributed by atoms with Crippen LogP contribution in [0.4, 0.5) is 0 Å². The molecule has 2 heteroatoms. The van der Waals surface area contributed by atoms with Gasteiger partial charge in [0.25, 0.3) is 0 Å². The van der Waals surface area contributed by atoms with Crippen LogP contribution in [0.1, 0.15) is 19.8 Å². The van der Waals surface area contributed by atoms with Crippen LogP contribution in [0, 0.1) is 5.92 Å². The van der Waals surface area contributed by atoms with Crippen molar-refractivity contribution in [2.75, 3.05) is 14.1 Å². The van der Waals surface area contributed by atoms with E-state index in [9.17, 15) is 4.79 Å². The Hall–Kier alpha value is -0.790. The highest BCUT2D eigenvalue weighted by Gasteiger charge is 2.30. The summed E-state index contributed by atoms with van der Waals surface area (Å²) in [5.74, 6) is 0.685. The van der Waals surface area contributed by atoms with Crippen LogP contribution in [-0.2, 0) is 4.79 Å². The van der Waals surface area contributed by atoms with Gasteiger partial charge in [-0.25, -0.2) is 0 Å². The van der Waals surface area contributed by atoms with Gasteiger partial charge < -0.3 is 4.90 Å². The number of hydrogen-bond acceptors (Lipinski definition) is 2. The molecule has 1 rings (SSSR count). The van der Waals surface area contributed by atoms with Crippen LogP contribution in [0.2, 0.25) is 0 Å². The minimum atomic E-state index is 0.332. The van der Waals surface area contributed by atoms with E-state index in [-0.39, 0.29) is 0 Å². The average Bonchev–Trinajstić information content (AvgIpc) is 2.65. The van der Waals surface area contributed by atoms with E-state index < -0.39 is 0 Å². The zero-order valence-corrected chi connectivity index (χ0v) is 7.42. The van der Waals surface area contributed by atoms with Gasteiger partial charge in [-0.1, -0.05) is 0 Å². The maximum absolute atomic E-state index is 11.3. The molecule has 1 aliphatic carbocycles. The molecule has 0 aromatic heterocycles. The van der Waals surface area contributed by atoms with Gasteiger partial charge in [0.2, 0.25) is 0 Å². The van der Waals surface area contributed by atoms with E-state index >= 15 is 0 Å². The van der Waals surface area contributed by atoms with Crippen LogP contribution in [-0.4, -0.2) is 24.8 Å². The Morgan fingerprint density at radius 3 is 2.36 bits per heavy atom. The lowest BCUT2D eigenvalue weighted by Crippen LogP contribution is -2.08. The van der Waals surface area contributed by atoms with Crippen LogP contribution >= 0.6 is 0 Å². The first-order valence-corrected chi connectivity index (χ1v) is 4.00. The zero-order chi connectivity index (χ0) is 8.43. The van der Waals surface area contributed by atoms with Crippen molar-refractivity contribution >= 4 is 5.78 Å². The zero-order valence-electron chi connectivity index (χ0n) is 7.42. The molecule has 0 radical (unpaired) electrons. The van der Waals surface area contributed by atoms with Crippen molar-refractivity contribution in [2.24, 2.45) is 5.92 Å². The first-order chi connectivity index (χ1) is 5.11. The van der Waals surface area contributed by atoms with Gasteiger partial charge in [-0.05, 0) is 19.8 Å². The maximum atomic E-state index is 11.3. The Morgan fingerprint density at radius 1 is 1.45 bits per heavy atom. The number of Topliss-reactive ketones (excluding diaryl/α,β-unsaturated/α-hetero) is 1. The summed E-state index contributed by atoms with van der Waals surface area (Å²) in [4.78, 5) is 13.3. The van der Waals surface area contributed by atoms with Gasteiger partial charge in [-0.2, -0.15) is 0 Å². The summed E-state index contributed by atoms with van der Waals surface area (Å²) in [6, 6.07) is 0. The summed E-state index contributed by atoms with van der Waals surface area (Å²) < 4.78 is 0. The lowest BCUT2D eigenvalue weighted by Gasteiger charge is -2.06. The lowest BCUT2D eigenvalue weighted by atomic mass is 10.1. The molecule has 0 amide bonds. The van der Waals surface area contributed by atoms with E-state index in [1.54, 1.807) is 0 Å². The normalized spacial score (nSPS) is 18.3. The smallest absolute Gasteiger partial charge is 0.163 e. The number of ketones is 1. The van der Waals surface area contributed by atoms with E-state index in [1.165, 1.54) is 0 Å². The number of nitrogens with zero attached hydrogens (tertiary/aromatic N) is 1. The number of hydrogen-bond donors (Lipinski definition) is 0. The van der Waals surface area contributed by atoms with Gasteiger partial charge in [0.1, 0.15) is 0 Å². The van der Waals surface area contributed by atoms with Gasteiger partial charge in [0.05, 0.1) is 0 Å². The molecule has 0 atom stereocenters. The summed E-state index contributed by atoms with van der Waals surface area (Å²) in [5, 5.41) is 0. The quantitative estimate of drug-likeness (QED) is 0.572. The minimum Gasteiger partial charge on any atom is -0.383 e. The fraction of sp³-hybridized carbons (Fsp3) is 0.667. The predicted molar refractivity (Wildman–Crippen MR) is 45.2 cm³/mol. The van der Waals surface area contributed by atoms with Gasteiger partial charge >= 0.3 is 0 Å². The molecule has 0 spiro atoms. The topological polar surface area (TPSA) is 20.3 Å². The monoisotopic (exact) mass is 153 g/mol. The number of carbonyl (C=O) groups excluding carboxylic acids is 1. The minimum absolute atomic E-state index is 0.332. The molecular weight excluding hydrogens is 138 g/mol. The highest BCUT2D eigenvalue weighted by molar-refractivity contribution is 5.97. The molecular formula is C9H15NO. The van der Waals surface area contributed by atoms with Gasteiger partial charge in [0.15, 0.2) is 5.78 Å². The lowest BCUT2D eigenvalue weighted by molar-refractivity contribution is -0.116. The van der Waals surface area contributed by atoms with Crippen LogP contribution in [0.5, 0.6) is 0 Å². The second kappa shape index (κ2) is 3.07. The molecule has 0 aromatic rings. The fourth-order valence-electron chi connectivity index (χ4n) is 1.12. The molecule has 62 valence electrons. The Labute approximate surface area is 67.9 Å². The van der Waals surface area contributed by atoms with Crippen molar-refractivity contribution in [3.05, 3.63) is 11.8 Å². The van der Waals surface area contributed by atoms with Crippen molar-refractivity contribution in [2.45, 2.75) is 19.8 Å². The second-order valence-electron chi connectivity index (χ2n) is 3.41. The molecule has 0 N–H and O–H groups in total. The van der Waals surface area contributed by atoms with Crippen molar-refractivity contribution in [1.82, 2.24) is 4.90 Å². The highest BCUT2D eigenvalue weighted by atomic mass is 16.1. The van der Waals surface area contributed by atoms with Crippen LogP contribution in [0.25, 0.3) is 0 Å². The van der Waals surface area contributed by atoms with Gasteiger partial charge in [0, 0.05) is 31.8 Å². The van der Waals surface area contributed by atoms with Crippen molar-refractivity contribution in [3.8, 4) is 0 Å². The van der Waals surface area contributed by atoms with Crippen molar-refractivity contribution in [1.29, 1.82) is 0 Å². The number of allylic oxidation sites excluding steroid dienone is 1. The third-order valence-electron chi connectivity index (χ3n) is 1.79. The molecule has 1 fully saturated rings. The molecule has 2 nitrogen and oxygen atoms in total. The van der Waals surface area contributed by atoms with E-state index in [4.69, 9.17) is 0 Å². The second-order valence-corrected chi connectivity index (χ2v) is 3.41. The molecule has 0 unspecified atom stereocenters. The first-order valence-electron chi connectivity index (χ1n) is 4.00. The van der Waals surface area contributed by atoms with Gasteiger partial charge in [-0.3, -0.25) is 4.79 Å². The van der Waals surface area contributed by atoms with Crippen molar-refractivity contribution < 1.29 is 4.79 Å². The average molecular weight is 153 g/mol. The van der Waals surface area contributed by atoms with Gasteiger partial charge in [-0.15, -0.1) is 0 Å². The molecule has 0 bridgehead atoms.